The molecule has 1 aliphatic rings. The quantitative estimate of drug-likeness (QED) is 0.769. The van der Waals surface area contributed by atoms with E-state index in [-0.39, 0.29) is 12.4 Å². The van der Waals surface area contributed by atoms with Crippen molar-refractivity contribution in [3.63, 3.8) is 0 Å². The summed E-state index contributed by atoms with van der Waals surface area (Å²) in [6, 6.07) is 8.48. The molecule has 3 N–H and O–H groups in total. The lowest BCUT2D eigenvalue weighted by atomic mass is 10.2. The van der Waals surface area contributed by atoms with Crippen molar-refractivity contribution in [3.8, 4) is 5.75 Å². The molecule has 1 aromatic heterocycles. The van der Waals surface area contributed by atoms with Gasteiger partial charge in [0.1, 0.15) is 18.5 Å². The van der Waals surface area contributed by atoms with E-state index in [1.807, 2.05) is 30.5 Å². The van der Waals surface area contributed by atoms with E-state index in [1.165, 1.54) is 25.7 Å². The van der Waals surface area contributed by atoms with Crippen LogP contribution in [0.5, 0.6) is 5.75 Å². The molecule has 1 aromatic carbocycles. The molecule has 0 radical (unpaired) electrons. The minimum atomic E-state index is -0.468. The maximum atomic E-state index is 10.00. The third-order valence-electron chi connectivity index (χ3n) is 3.98. The van der Waals surface area contributed by atoms with Crippen molar-refractivity contribution in [2.24, 2.45) is 0 Å². The Morgan fingerprint density at radius 1 is 1.29 bits per heavy atom. The van der Waals surface area contributed by atoms with Crippen molar-refractivity contribution >= 4 is 23.3 Å². The number of aliphatic hydroxyl groups excluding tert-OH is 1. The molecule has 2 aromatic rings. The van der Waals surface area contributed by atoms with Crippen molar-refractivity contribution in [1.82, 2.24) is 10.3 Å². The summed E-state index contributed by atoms with van der Waals surface area (Å²) >= 11 is 0. The fraction of sp³-hybridized carbons (Fsp3) is 0.500. The number of halogens is 1. The van der Waals surface area contributed by atoms with Crippen LogP contribution in [0.4, 0.5) is 0 Å². The summed E-state index contributed by atoms with van der Waals surface area (Å²) in [4.78, 5) is 3.15. The van der Waals surface area contributed by atoms with E-state index in [9.17, 15) is 5.11 Å². The molecule has 1 fully saturated rings. The molecular formula is C16H23ClN2O2. The number of aromatic nitrogens is 1. The van der Waals surface area contributed by atoms with Crippen LogP contribution in [-0.2, 0) is 0 Å². The van der Waals surface area contributed by atoms with Gasteiger partial charge in [0.05, 0.1) is 0 Å². The lowest BCUT2D eigenvalue weighted by molar-refractivity contribution is 0.104. The first-order valence-corrected chi connectivity index (χ1v) is 7.43. The second-order valence-electron chi connectivity index (χ2n) is 5.55. The van der Waals surface area contributed by atoms with Crippen LogP contribution in [0.3, 0.4) is 0 Å². The smallest absolute Gasteiger partial charge is 0.128 e. The predicted molar refractivity (Wildman–Crippen MR) is 87.3 cm³/mol. The van der Waals surface area contributed by atoms with Crippen molar-refractivity contribution in [1.29, 1.82) is 0 Å². The van der Waals surface area contributed by atoms with Crippen LogP contribution in [-0.4, -0.2) is 35.4 Å². The average Bonchev–Trinajstić information content (AvgIpc) is 3.13. The van der Waals surface area contributed by atoms with E-state index < -0.39 is 6.10 Å². The van der Waals surface area contributed by atoms with Gasteiger partial charge in [0.15, 0.2) is 0 Å². The Bertz CT molecular complexity index is 552. The topological polar surface area (TPSA) is 57.3 Å². The monoisotopic (exact) mass is 310 g/mol. The molecule has 0 spiro atoms. The highest BCUT2D eigenvalue weighted by atomic mass is 35.5. The molecule has 4 nitrogen and oxygen atoms in total. The Morgan fingerprint density at radius 2 is 2.10 bits per heavy atom. The SMILES string of the molecule is Cl.OC(CNC1CCCC1)COc1cccc2[nH]ccc12. The van der Waals surface area contributed by atoms with Gasteiger partial charge in [-0.2, -0.15) is 0 Å². The number of rotatable bonds is 6. The molecule has 1 unspecified atom stereocenters. The van der Waals surface area contributed by atoms with Crippen LogP contribution in [0.15, 0.2) is 30.5 Å². The number of ether oxygens (including phenoxy) is 1. The van der Waals surface area contributed by atoms with Gasteiger partial charge < -0.3 is 20.1 Å². The molecule has 1 saturated carbocycles. The molecule has 1 atom stereocenters. The summed E-state index contributed by atoms with van der Waals surface area (Å²) in [5, 5.41) is 14.5. The van der Waals surface area contributed by atoms with Crippen molar-refractivity contribution < 1.29 is 9.84 Å². The van der Waals surface area contributed by atoms with Crippen molar-refractivity contribution in [3.05, 3.63) is 30.5 Å². The minimum Gasteiger partial charge on any atom is -0.490 e. The number of nitrogens with one attached hydrogen (secondary N) is 2. The summed E-state index contributed by atoms with van der Waals surface area (Å²) in [6.07, 6.45) is 6.51. The maximum absolute atomic E-state index is 10.00. The molecular weight excluding hydrogens is 288 g/mol. The van der Waals surface area contributed by atoms with Crippen LogP contribution in [0.2, 0.25) is 0 Å². The molecule has 3 rings (SSSR count). The van der Waals surface area contributed by atoms with Gasteiger partial charge in [0.25, 0.3) is 0 Å². The number of aliphatic hydroxyl groups is 1. The molecule has 1 heterocycles. The third kappa shape index (κ3) is 4.13. The highest BCUT2D eigenvalue weighted by molar-refractivity contribution is 5.85. The van der Waals surface area contributed by atoms with E-state index in [2.05, 4.69) is 10.3 Å². The molecule has 0 saturated heterocycles. The zero-order valence-corrected chi connectivity index (χ0v) is 12.9. The average molecular weight is 311 g/mol. The Kier molecular flexibility index (Phi) is 5.91. The van der Waals surface area contributed by atoms with Crippen LogP contribution in [0.25, 0.3) is 10.9 Å². The fourth-order valence-corrected chi connectivity index (χ4v) is 2.86. The lowest BCUT2D eigenvalue weighted by Gasteiger charge is -2.17. The number of aromatic amines is 1. The van der Waals surface area contributed by atoms with Crippen molar-refractivity contribution in [2.75, 3.05) is 13.2 Å². The second kappa shape index (κ2) is 7.69. The number of hydrogen-bond donors (Lipinski definition) is 3. The first-order valence-electron chi connectivity index (χ1n) is 7.43. The predicted octanol–water partition coefficient (Wildman–Crippen LogP) is 2.86. The molecule has 116 valence electrons. The largest absolute Gasteiger partial charge is 0.490 e. The zero-order chi connectivity index (χ0) is 13.8. The van der Waals surface area contributed by atoms with E-state index >= 15 is 0 Å². The number of H-pyrrole nitrogens is 1. The van der Waals surface area contributed by atoms with E-state index in [1.54, 1.807) is 0 Å². The normalized spacial score (nSPS) is 16.8. The van der Waals surface area contributed by atoms with Gasteiger partial charge in [-0.3, -0.25) is 0 Å². The summed E-state index contributed by atoms with van der Waals surface area (Å²) < 4.78 is 5.74. The molecule has 0 amide bonds. The van der Waals surface area contributed by atoms with Gasteiger partial charge >= 0.3 is 0 Å². The number of fused-ring (bicyclic) bond motifs is 1. The Balaban J connectivity index is 0.00000161. The standard InChI is InChI=1S/C16H22N2O2.ClH/c19-13(10-18-12-4-1-2-5-12)11-20-16-7-3-6-15-14(16)8-9-17-15;/h3,6-9,12-13,17-19H,1-2,4-5,10-11H2;1H. The summed E-state index contributed by atoms with van der Waals surface area (Å²) in [5.41, 5.74) is 1.06. The minimum absolute atomic E-state index is 0. The van der Waals surface area contributed by atoms with Gasteiger partial charge in [0.2, 0.25) is 0 Å². The first-order chi connectivity index (χ1) is 9.83. The second-order valence-corrected chi connectivity index (χ2v) is 5.55. The van der Waals surface area contributed by atoms with Crippen LogP contribution in [0, 0.1) is 0 Å². The van der Waals surface area contributed by atoms with Crippen LogP contribution < -0.4 is 10.1 Å². The summed E-state index contributed by atoms with van der Waals surface area (Å²) in [6.45, 7) is 0.928. The lowest BCUT2D eigenvalue weighted by Crippen LogP contribution is -2.36. The van der Waals surface area contributed by atoms with E-state index in [0.29, 0.717) is 19.2 Å². The fourth-order valence-electron chi connectivity index (χ4n) is 2.86. The number of benzene rings is 1. The van der Waals surface area contributed by atoms with Crippen LogP contribution in [0.1, 0.15) is 25.7 Å². The van der Waals surface area contributed by atoms with Gasteiger partial charge in [-0.05, 0) is 31.0 Å². The Hall–Kier alpha value is -1.23. The Morgan fingerprint density at radius 3 is 2.90 bits per heavy atom. The molecule has 0 bridgehead atoms. The third-order valence-corrected chi connectivity index (χ3v) is 3.98. The van der Waals surface area contributed by atoms with Crippen LogP contribution >= 0.6 is 12.4 Å². The van der Waals surface area contributed by atoms with E-state index in [0.717, 1.165) is 16.7 Å². The molecule has 1 aliphatic carbocycles. The van der Waals surface area contributed by atoms with Gasteiger partial charge in [-0.1, -0.05) is 18.9 Å². The molecule has 0 aliphatic heterocycles. The summed E-state index contributed by atoms with van der Waals surface area (Å²) in [7, 11) is 0. The van der Waals surface area contributed by atoms with Gasteiger partial charge in [-0.25, -0.2) is 0 Å². The summed E-state index contributed by atoms with van der Waals surface area (Å²) in [5.74, 6) is 0.823. The first kappa shape index (κ1) is 16.1. The number of hydrogen-bond acceptors (Lipinski definition) is 3. The highest BCUT2D eigenvalue weighted by Crippen LogP contribution is 2.24. The zero-order valence-electron chi connectivity index (χ0n) is 12.0. The van der Waals surface area contributed by atoms with Crippen molar-refractivity contribution in [2.45, 2.75) is 37.8 Å². The highest BCUT2D eigenvalue weighted by Gasteiger charge is 2.16. The van der Waals surface area contributed by atoms with E-state index in [4.69, 9.17) is 4.74 Å². The molecule has 5 heteroatoms. The van der Waals surface area contributed by atoms with Gasteiger partial charge in [-0.15, -0.1) is 12.4 Å². The Labute approximate surface area is 131 Å². The maximum Gasteiger partial charge on any atom is 0.128 e. The molecule has 21 heavy (non-hydrogen) atoms. The van der Waals surface area contributed by atoms with Gasteiger partial charge in [0, 0.05) is 29.7 Å².